The van der Waals surface area contributed by atoms with E-state index >= 15 is 0 Å². The van der Waals surface area contributed by atoms with E-state index in [1.807, 2.05) is 24.3 Å². The molecular formula is C16H14BrN5O2. The van der Waals surface area contributed by atoms with E-state index in [1.165, 1.54) is 6.92 Å². The van der Waals surface area contributed by atoms with Crippen molar-refractivity contribution in [2.45, 2.75) is 13.5 Å². The first-order chi connectivity index (χ1) is 11.6. The Balaban J connectivity index is 1.68. The lowest BCUT2D eigenvalue weighted by molar-refractivity contribution is -0.114. The molecule has 1 amide bonds. The Morgan fingerprint density at radius 2 is 1.88 bits per heavy atom. The van der Waals surface area contributed by atoms with Crippen molar-refractivity contribution >= 4 is 27.5 Å². The molecule has 2 aromatic carbocycles. The zero-order valence-corrected chi connectivity index (χ0v) is 14.4. The van der Waals surface area contributed by atoms with Crippen molar-refractivity contribution in [2.75, 3.05) is 5.32 Å². The summed E-state index contributed by atoms with van der Waals surface area (Å²) < 4.78 is 8.32. The fraction of sp³-hybridized carbons (Fsp3) is 0.125. The molecule has 0 saturated heterocycles. The maximum absolute atomic E-state index is 11.0. The number of nitrogens with one attached hydrogen (secondary N) is 1. The van der Waals surface area contributed by atoms with Crippen molar-refractivity contribution in [1.29, 1.82) is 0 Å². The number of carbonyl (C=O) groups is 1. The number of carbonyl (C=O) groups excluding carboxylic acids is 1. The highest BCUT2D eigenvalue weighted by molar-refractivity contribution is 9.10. The summed E-state index contributed by atoms with van der Waals surface area (Å²) in [6.45, 7) is 1.69. The molecule has 0 saturated carbocycles. The molecule has 0 bridgehead atoms. The number of tetrazole rings is 1. The maximum Gasteiger partial charge on any atom is 0.221 e. The van der Waals surface area contributed by atoms with Crippen LogP contribution >= 0.6 is 15.9 Å². The van der Waals surface area contributed by atoms with Gasteiger partial charge < -0.3 is 10.1 Å². The summed E-state index contributed by atoms with van der Waals surface area (Å²) in [4.78, 5) is 11.0. The van der Waals surface area contributed by atoms with Gasteiger partial charge >= 0.3 is 0 Å². The maximum atomic E-state index is 11.0. The van der Waals surface area contributed by atoms with Crippen molar-refractivity contribution in [1.82, 2.24) is 20.2 Å². The Hall–Kier alpha value is -2.74. The fourth-order valence-electron chi connectivity index (χ4n) is 2.06. The van der Waals surface area contributed by atoms with Gasteiger partial charge in [-0.25, -0.2) is 0 Å². The number of rotatable bonds is 5. The lowest BCUT2D eigenvalue weighted by atomic mass is 10.3. The summed E-state index contributed by atoms with van der Waals surface area (Å²) in [5, 5.41) is 14.4. The largest absolute Gasteiger partial charge is 0.486 e. The predicted molar refractivity (Wildman–Crippen MR) is 91.9 cm³/mol. The van der Waals surface area contributed by atoms with Crippen LogP contribution in [0.1, 0.15) is 12.7 Å². The number of nitrogens with zero attached hydrogens (tertiary/aromatic N) is 4. The van der Waals surface area contributed by atoms with Crippen LogP contribution in [-0.2, 0) is 11.4 Å². The molecule has 24 heavy (non-hydrogen) atoms. The molecule has 0 unspecified atom stereocenters. The van der Waals surface area contributed by atoms with Gasteiger partial charge in [-0.05, 0) is 59.0 Å². The molecule has 7 nitrogen and oxygen atoms in total. The predicted octanol–water partition coefficient (Wildman–Crippen LogP) is 2.96. The van der Waals surface area contributed by atoms with Crippen LogP contribution in [0, 0.1) is 0 Å². The van der Waals surface area contributed by atoms with Crippen molar-refractivity contribution < 1.29 is 9.53 Å². The Bertz CT molecular complexity index is 830. The topological polar surface area (TPSA) is 81.9 Å². The molecule has 0 atom stereocenters. The van der Waals surface area contributed by atoms with Crippen LogP contribution in [0.2, 0.25) is 0 Å². The quantitative estimate of drug-likeness (QED) is 0.727. The van der Waals surface area contributed by atoms with Gasteiger partial charge in [-0.2, -0.15) is 4.68 Å². The first-order valence-corrected chi connectivity index (χ1v) is 7.95. The lowest BCUT2D eigenvalue weighted by Gasteiger charge is -2.08. The van der Waals surface area contributed by atoms with Gasteiger partial charge in [0.05, 0.1) is 5.69 Å². The standard InChI is InChI=1S/C16H14BrN5O2/c1-11(23)18-13-4-8-15(9-5-13)24-10-16-19-20-21-22(16)14-6-2-12(17)3-7-14/h2-9H,10H2,1H3,(H,18,23). The number of halogens is 1. The van der Waals surface area contributed by atoms with Gasteiger partial charge in [0.1, 0.15) is 12.4 Å². The molecule has 1 heterocycles. The van der Waals surface area contributed by atoms with Gasteiger partial charge in [0.2, 0.25) is 5.91 Å². The normalized spacial score (nSPS) is 10.4. The average molecular weight is 388 g/mol. The zero-order valence-electron chi connectivity index (χ0n) is 12.8. The monoisotopic (exact) mass is 387 g/mol. The zero-order chi connectivity index (χ0) is 16.9. The summed E-state index contributed by atoms with van der Waals surface area (Å²) in [6, 6.07) is 14.8. The van der Waals surface area contributed by atoms with Crippen molar-refractivity contribution in [3.63, 3.8) is 0 Å². The lowest BCUT2D eigenvalue weighted by Crippen LogP contribution is -2.07. The van der Waals surface area contributed by atoms with Gasteiger partial charge in [0, 0.05) is 17.1 Å². The van der Waals surface area contributed by atoms with E-state index in [0.29, 0.717) is 11.6 Å². The third-order valence-electron chi connectivity index (χ3n) is 3.15. The van der Waals surface area contributed by atoms with Crippen LogP contribution < -0.4 is 10.1 Å². The minimum absolute atomic E-state index is 0.114. The van der Waals surface area contributed by atoms with E-state index < -0.39 is 0 Å². The molecule has 8 heteroatoms. The van der Waals surface area contributed by atoms with Crippen LogP contribution in [0.5, 0.6) is 5.75 Å². The van der Waals surface area contributed by atoms with Gasteiger partial charge in [-0.1, -0.05) is 15.9 Å². The van der Waals surface area contributed by atoms with E-state index in [-0.39, 0.29) is 12.5 Å². The van der Waals surface area contributed by atoms with Crippen LogP contribution in [0.15, 0.2) is 53.0 Å². The Morgan fingerprint density at radius 3 is 2.54 bits per heavy atom. The molecule has 0 aliphatic rings. The second-order valence-electron chi connectivity index (χ2n) is 4.98. The molecule has 1 N–H and O–H groups in total. The van der Waals surface area contributed by atoms with Gasteiger partial charge in [0.15, 0.2) is 5.82 Å². The summed E-state index contributed by atoms with van der Waals surface area (Å²) in [5.74, 6) is 1.13. The van der Waals surface area contributed by atoms with Gasteiger partial charge in [0.25, 0.3) is 0 Å². The number of hydrogen-bond acceptors (Lipinski definition) is 5. The number of anilines is 1. The molecule has 122 valence electrons. The Labute approximate surface area is 146 Å². The summed E-state index contributed by atoms with van der Waals surface area (Å²) in [5.41, 5.74) is 1.57. The van der Waals surface area contributed by atoms with Crippen LogP contribution in [0.25, 0.3) is 5.69 Å². The minimum atomic E-state index is -0.114. The summed E-state index contributed by atoms with van der Waals surface area (Å²) in [6.07, 6.45) is 0. The van der Waals surface area contributed by atoms with E-state index in [2.05, 4.69) is 36.8 Å². The first kappa shape index (κ1) is 16.1. The second kappa shape index (κ2) is 7.22. The smallest absolute Gasteiger partial charge is 0.221 e. The number of hydrogen-bond donors (Lipinski definition) is 1. The van der Waals surface area contributed by atoms with Crippen molar-refractivity contribution in [3.8, 4) is 11.4 Å². The third-order valence-corrected chi connectivity index (χ3v) is 3.68. The van der Waals surface area contributed by atoms with E-state index in [0.717, 1.165) is 15.8 Å². The molecule has 0 aliphatic carbocycles. The SMILES string of the molecule is CC(=O)Nc1ccc(OCc2nnnn2-c2ccc(Br)cc2)cc1. The fourth-order valence-corrected chi connectivity index (χ4v) is 2.33. The number of ether oxygens (including phenoxy) is 1. The highest BCUT2D eigenvalue weighted by Gasteiger charge is 2.09. The molecule has 0 fully saturated rings. The second-order valence-corrected chi connectivity index (χ2v) is 5.89. The highest BCUT2D eigenvalue weighted by atomic mass is 79.9. The third kappa shape index (κ3) is 3.96. The molecule has 1 aromatic heterocycles. The van der Waals surface area contributed by atoms with Crippen LogP contribution in [0.3, 0.4) is 0 Å². The van der Waals surface area contributed by atoms with E-state index in [9.17, 15) is 4.79 Å². The molecular weight excluding hydrogens is 374 g/mol. The molecule has 0 spiro atoms. The summed E-state index contributed by atoms with van der Waals surface area (Å²) >= 11 is 3.40. The van der Waals surface area contributed by atoms with Crippen molar-refractivity contribution in [2.24, 2.45) is 0 Å². The first-order valence-electron chi connectivity index (χ1n) is 7.15. The van der Waals surface area contributed by atoms with Crippen LogP contribution in [-0.4, -0.2) is 26.1 Å². The number of benzene rings is 2. The molecule has 0 radical (unpaired) electrons. The Kier molecular flexibility index (Phi) is 4.85. The Morgan fingerprint density at radius 1 is 1.17 bits per heavy atom. The van der Waals surface area contributed by atoms with E-state index in [4.69, 9.17) is 4.74 Å². The van der Waals surface area contributed by atoms with Crippen LogP contribution in [0.4, 0.5) is 5.69 Å². The molecule has 0 aliphatic heterocycles. The van der Waals surface area contributed by atoms with E-state index in [1.54, 1.807) is 28.9 Å². The number of aromatic nitrogens is 4. The van der Waals surface area contributed by atoms with Gasteiger partial charge in [-0.3, -0.25) is 4.79 Å². The van der Waals surface area contributed by atoms with Crippen molar-refractivity contribution in [3.05, 3.63) is 58.8 Å². The molecule has 3 aromatic rings. The van der Waals surface area contributed by atoms with Gasteiger partial charge in [-0.15, -0.1) is 5.10 Å². The average Bonchev–Trinajstić information content (AvgIpc) is 3.03. The highest BCUT2D eigenvalue weighted by Crippen LogP contribution is 2.18. The number of amides is 1. The minimum Gasteiger partial charge on any atom is -0.486 e. The summed E-state index contributed by atoms with van der Waals surface area (Å²) in [7, 11) is 0. The molecule has 3 rings (SSSR count).